The smallest absolute Gasteiger partial charge is 0.337 e. The van der Waals surface area contributed by atoms with Gasteiger partial charge in [0.05, 0.1) is 29.8 Å². The third-order valence-corrected chi connectivity index (χ3v) is 4.60. The predicted molar refractivity (Wildman–Crippen MR) is 87.1 cm³/mol. The highest BCUT2D eigenvalue weighted by molar-refractivity contribution is 7.11. The minimum Gasteiger partial charge on any atom is -0.465 e. The average Bonchev–Trinajstić information content (AvgIpc) is 2.85. The molecule has 23 heavy (non-hydrogen) atoms. The molecule has 0 aliphatic rings. The number of esters is 1. The first-order valence-electron chi connectivity index (χ1n) is 7.03. The number of hydrogen-bond acceptors (Lipinski definition) is 6. The van der Waals surface area contributed by atoms with E-state index in [-0.39, 0.29) is 12.4 Å². The summed E-state index contributed by atoms with van der Waals surface area (Å²) < 4.78 is 6.47. The van der Waals surface area contributed by atoms with Crippen molar-refractivity contribution in [1.29, 1.82) is 0 Å². The first-order valence-corrected chi connectivity index (χ1v) is 7.84. The topological polar surface area (TPSA) is 80.9 Å². The van der Waals surface area contributed by atoms with Gasteiger partial charge in [0, 0.05) is 19.2 Å². The molecule has 0 amide bonds. The quantitative estimate of drug-likeness (QED) is 0.670. The predicted octanol–water partition coefficient (Wildman–Crippen LogP) is 2.07. The molecule has 1 aromatic heterocycles. The summed E-state index contributed by atoms with van der Waals surface area (Å²) in [5.41, 5.74) is 1.89. The van der Waals surface area contributed by atoms with Gasteiger partial charge in [0.15, 0.2) is 10.6 Å². The summed E-state index contributed by atoms with van der Waals surface area (Å²) >= 11 is 1.29. The number of hydrogen-bond donors (Lipinski definition) is 1. The molecule has 7 heteroatoms. The van der Waals surface area contributed by atoms with Gasteiger partial charge in [0.25, 0.3) is 0 Å². The van der Waals surface area contributed by atoms with E-state index in [9.17, 15) is 14.7 Å². The molecule has 2 aromatic rings. The number of ketones is 1. The molecule has 0 fully saturated rings. The number of nitrogens with zero attached hydrogens (tertiary/aromatic N) is 2. The van der Waals surface area contributed by atoms with Crippen LogP contribution in [-0.2, 0) is 11.3 Å². The maximum Gasteiger partial charge on any atom is 0.337 e. The van der Waals surface area contributed by atoms with Gasteiger partial charge in [0.2, 0.25) is 0 Å². The van der Waals surface area contributed by atoms with Crippen molar-refractivity contribution in [3.8, 4) is 0 Å². The fraction of sp³-hybridized carbons (Fsp3) is 0.312. The molecule has 1 heterocycles. The number of benzene rings is 1. The minimum atomic E-state index is -0.405. The van der Waals surface area contributed by atoms with E-state index >= 15 is 0 Å². The summed E-state index contributed by atoms with van der Waals surface area (Å²) in [6, 6.07) is 6.68. The van der Waals surface area contributed by atoms with Gasteiger partial charge in [-0.3, -0.25) is 4.79 Å². The third-order valence-electron chi connectivity index (χ3n) is 3.31. The summed E-state index contributed by atoms with van der Waals surface area (Å²) in [6.07, 6.45) is 0. The molecule has 0 aliphatic heterocycles. The zero-order valence-electron chi connectivity index (χ0n) is 13.2. The Labute approximate surface area is 137 Å². The lowest BCUT2D eigenvalue weighted by Gasteiger charge is -2.03. The molecule has 0 radical (unpaired) electrons. The number of ether oxygens (including phenoxy) is 1. The van der Waals surface area contributed by atoms with Crippen LogP contribution in [-0.4, -0.2) is 35.1 Å². The first kappa shape index (κ1) is 17.1. The zero-order valence-corrected chi connectivity index (χ0v) is 14.0. The number of Topliss-reactive ketones (excluding diaryl/α,β-unsaturated/α-hetero) is 1. The fourth-order valence-electron chi connectivity index (χ4n) is 2.16. The average molecular weight is 334 g/mol. The Balaban J connectivity index is 2.48. The van der Waals surface area contributed by atoms with Crippen molar-refractivity contribution in [3.63, 3.8) is 0 Å². The Morgan fingerprint density at radius 3 is 2.48 bits per heavy atom. The highest BCUT2D eigenvalue weighted by Gasteiger charge is 2.13. The van der Waals surface area contributed by atoms with Gasteiger partial charge >= 0.3 is 5.97 Å². The Bertz CT molecular complexity index is 787. The van der Waals surface area contributed by atoms with Gasteiger partial charge in [-0.15, -0.1) is 0 Å². The standard InChI is InChI=1S/C16H18N2O4S/c1-10-14(11(2)20)23-16(18(10)8-9-19)17-13-6-4-12(5-7-13)15(21)22-3/h4-7,19H,8-9H2,1-3H3/b17-16+. The van der Waals surface area contributed by atoms with Crippen LogP contribution in [0.2, 0.25) is 0 Å². The number of rotatable bonds is 5. The van der Waals surface area contributed by atoms with Crippen LogP contribution in [0.3, 0.4) is 0 Å². The summed E-state index contributed by atoms with van der Waals surface area (Å²) in [5, 5.41) is 9.21. The molecule has 0 aliphatic carbocycles. The summed E-state index contributed by atoms with van der Waals surface area (Å²) in [5.74, 6) is -0.431. The lowest BCUT2D eigenvalue weighted by molar-refractivity contribution is 0.0600. The lowest BCUT2D eigenvalue weighted by atomic mass is 10.2. The maximum absolute atomic E-state index is 11.7. The largest absolute Gasteiger partial charge is 0.465 e. The molecule has 2 rings (SSSR count). The van der Waals surface area contributed by atoms with Crippen molar-refractivity contribution in [2.45, 2.75) is 20.4 Å². The second kappa shape index (κ2) is 7.34. The van der Waals surface area contributed by atoms with Crippen molar-refractivity contribution >= 4 is 28.8 Å². The van der Waals surface area contributed by atoms with E-state index in [4.69, 9.17) is 0 Å². The van der Waals surface area contributed by atoms with E-state index in [0.29, 0.717) is 27.5 Å². The monoisotopic (exact) mass is 334 g/mol. The van der Waals surface area contributed by atoms with E-state index in [0.717, 1.165) is 5.69 Å². The lowest BCUT2D eigenvalue weighted by Crippen LogP contribution is -2.18. The summed E-state index contributed by atoms with van der Waals surface area (Å²) in [7, 11) is 1.33. The SMILES string of the molecule is COC(=O)c1ccc(/N=c2/sc(C(C)=O)c(C)n2CCO)cc1. The second-order valence-electron chi connectivity index (χ2n) is 4.88. The zero-order chi connectivity index (χ0) is 17.0. The fourth-order valence-corrected chi connectivity index (χ4v) is 3.23. The summed E-state index contributed by atoms with van der Waals surface area (Å²) in [4.78, 5) is 28.9. The van der Waals surface area contributed by atoms with E-state index in [2.05, 4.69) is 9.73 Å². The van der Waals surface area contributed by atoms with Crippen molar-refractivity contribution in [2.75, 3.05) is 13.7 Å². The molecular weight excluding hydrogens is 316 g/mol. The first-order chi connectivity index (χ1) is 11.0. The van der Waals surface area contributed by atoms with Crippen molar-refractivity contribution < 1.29 is 19.4 Å². The minimum absolute atomic E-state index is 0.0262. The highest BCUT2D eigenvalue weighted by atomic mass is 32.1. The maximum atomic E-state index is 11.7. The number of carbonyl (C=O) groups is 2. The number of methoxy groups -OCH3 is 1. The van der Waals surface area contributed by atoms with Crippen LogP contribution in [0.4, 0.5) is 5.69 Å². The number of aromatic nitrogens is 1. The normalized spacial score (nSPS) is 11.6. The molecular formula is C16H18N2O4S. The number of thiazole rings is 1. The van der Waals surface area contributed by atoms with Crippen molar-refractivity contribution in [2.24, 2.45) is 4.99 Å². The van der Waals surface area contributed by atoms with Crippen LogP contribution in [0.5, 0.6) is 0 Å². The van der Waals surface area contributed by atoms with Crippen LogP contribution in [0.1, 0.15) is 32.6 Å². The summed E-state index contributed by atoms with van der Waals surface area (Å²) in [6.45, 7) is 3.68. The van der Waals surface area contributed by atoms with Crippen LogP contribution in [0.25, 0.3) is 0 Å². The van der Waals surface area contributed by atoms with Crippen LogP contribution in [0.15, 0.2) is 29.3 Å². The van der Waals surface area contributed by atoms with Gasteiger partial charge in [-0.2, -0.15) is 0 Å². The van der Waals surface area contributed by atoms with E-state index in [1.165, 1.54) is 25.4 Å². The van der Waals surface area contributed by atoms with Crippen LogP contribution in [0, 0.1) is 6.92 Å². The van der Waals surface area contributed by atoms with E-state index in [1.807, 2.05) is 11.5 Å². The number of aliphatic hydroxyl groups is 1. The van der Waals surface area contributed by atoms with E-state index in [1.54, 1.807) is 24.3 Å². The molecule has 1 aromatic carbocycles. The Hall–Kier alpha value is -2.25. The van der Waals surface area contributed by atoms with Gasteiger partial charge < -0.3 is 14.4 Å². The molecule has 1 N–H and O–H groups in total. The molecule has 0 saturated carbocycles. The van der Waals surface area contributed by atoms with Gasteiger partial charge in [-0.25, -0.2) is 9.79 Å². The molecule has 122 valence electrons. The second-order valence-corrected chi connectivity index (χ2v) is 5.86. The molecule has 0 unspecified atom stereocenters. The van der Waals surface area contributed by atoms with Crippen LogP contribution >= 0.6 is 11.3 Å². The molecule has 0 spiro atoms. The van der Waals surface area contributed by atoms with Gasteiger partial charge in [-0.1, -0.05) is 11.3 Å². The Morgan fingerprint density at radius 2 is 1.96 bits per heavy atom. The van der Waals surface area contributed by atoms with Crippen molar-refractivity contribution in [1.82, 2.24) is 4.57 Å². The molecule has 0 atom stereocenters. The van der Waals surface area contributed by atoms with Crippen LogP contribution < -0.4 is 4.80 Å². The highest BCUT2D eigenvalue weighted by Crippen LogP contribution is 2.16. The van der Waals surface area contributed by atoms with Gasteiger partial charge in [-0.05, 0) is 31.2 Å². The number of carbonyl (C=O) groups excluding carboxylic acids is 2. The van der Waals surface area contributed by atoms with Gasteiger partial charge in [0.1, 0.15) is 0 Å². The van der Waals surface area contributed by atoms with E-state index < -0.39 is 5.97 Å². The molecule has 0 saturated heterocycles. The molecule has 6 nitrogen and oxygen atoms in total. The van der Waals surface area contributed by atoms with Crippen molar-refractivity contribution in [3.05, 3.63) is 45.2 Å². The third kappa shape index (κ3) is 3.75. The Kier molecular flexibility index (Phi) is 5.46. The Morgan fingerprint density at radius 1 is 1.30 bits per heavy atom. The number of aliphatic hydroxyl groups excluding tert-OH is 1. The molecule has 0 bridgehead atoms.